The van der Waals surface area contributed by atoms with Crippen molar-refractivity contribution in [3.8, 4) is 0 Å². The molecule has 0 bridgehead atoms. The SMILES string of the molecule is COCC(C)n1ccnc1NC(C)CC(C)C. The number of hydrogen-bond acceptors (Lipinski definition) is 3. The summed E-state index contributed by atoms with van der Waals surface area (Å²) in [5.74, 6) is 1.63. The lowest BCUT2D eigenvalue weighted by Gasteiger charge is -2.20. The molecule has 4 nitrogen and oxygen atoms in total. The van der Waals surface area contributed by atoms with Gasteiger partial charge in [-0.15, -0.1) is 0 Å². The second-order valence-electron chi connectivity index (χ2n) is 5.14. The summed E-state index contributed by atoms with van der Waals surface area (Å²) in [6.45, 7) is 9.49. The number of nitrogens with one attached hydrogen (secondary N) is 1. The van der Waals surface area contributed by atoms with Crippen molar-refractivity contribution in [3.05, 3.63) is 12.4 Å². The molecule has 1 aromatic rings. The minimum absolute atomic E-state index is 0.302. The number of hydrogen-bond donors (Lipinski definition) is 1. The zero-order valence-corrected chi connectivity index (χ0v) is 11.6. The van der Waals surface area contributed by atoms with Crippen LogP contribution in [0.1, 0.15) is 40.2 Å². The molecule has 0 aliphatic heterocycles. The minimum Gasteiger partial charge on any atom is -0.383 e. The van der Waals surface area contributed by atoms with Crippen molar-refractivity contribution in [2.45, 2.75) is 46.2 Å². The van der Waals surface area contributed by atoms with Gasteiger partial charge in [0.05, 0.1) is 12.6 Å². The Kier molecular flexibility index (Phi) is 5.48. The van der Waals surface area contributed by atoms with Crippen LogP contribution in [-0.2, 0) is 4.74 Å². The van der Waals surface area contributed by atoms with E-state index in [0.29, 0.717) is 24.6 Å². The first kappa shape index (κ1) is 14.0. The van der Waals surface area contributed by atoms with E-state index in [0.717, 1.165) is 12.4 Å². The Hall–Kier alpha value is -1.03. The molecule has 0 spiro atoms. The summed E-state index contributed by atoms with van der Waals surface area (Å²) in [5, 5.41) is 3.46. The number of ether oxygens (including phenoxy) is 1. The number of methoxy groups -OCH3 is 1. The third kappa shape index (κ3) is 4.38. The maximum Gasteiger partial charge on any atom is 0.203 e. The highest BCUT2D eigenvalue weighted by molar-refractivity contribution is 5.28. The van der Waals surface area contributed by atoms with Gasteiger partial charge in [-0.25, -0.2) is 4.98 Å². The molecule has 0 saturated carbocycles. The summed E-state index contributed by atoms with van der Waals surface area (Å²) >= 11 is 0. The molecule has 0 aromatic carbocycles. The maximum absolute atomic E-state index is 5.18. The maximum atomic E-state index is 5.18. The Morgan fingerprint density at radius 1 is 1.35 bits per heavy atom. The highest BCUT2D eigenvalue weighted by Crippen LogP contribution is 2.16. The lowest BCUT2D eigenvalue weighted by atomic mass is 10.1. The van der Waals surface area contributed by atoms with Crippen LogP contribution in [-0.4, -0.2) is 29.3 Å². The van der Waals surface area contributed by atoms with Gasteiger partial charge >= 0.3 is 0 Å². The summed E-state index contributed by atoms with van der Waals surface area (Å²) < 4.78 is 7.30. The lowest BCUT2D eigenvalue weighted by molar-refractivity contribution is 0.163. The van der Waals surface area contributed by atoms with Crippen LogP contribution in [0.15, 0.2) is 12.4 Å². The van der Waals surface area contributed by atoms with Crippen molar-refractivity contribution in [3.63, 3.8) is 0 Å². The number of rotatable bonds is 7. The molecular weight excluding hydrogens is 214 g/mol. The van der Waals surface area contributed by atoms with Crippen LogP contribution in [0.25, 0.3) is 0 Å². The van der Waals surface area contributed by atoms with E-state index in [2.05, 4.69) is 42.6 Å². The molecule has 1 rings (SSSR count). The van der Waals surface area contributed by atoms with Gasteiger partial charge < -0.3 is 14.6 Å². The first-order valence-electron chi connectivity index (χ1n) is 6.32. The second kappa shape index (κ2) is 6.64. The Labute approximate surface area is 104 Å². The Bertz CT molecular complexity index is 322. The molecule has 1 aromatic heterocycles. The molecule has 1 heterocycles. The zero-order valence-electron chi connectivity index (χ0n) is 11.6. The Balaban J connectivity index is 2.62. The first-order valence-corrected chi connectivity index (χ1v) is 6.32. The molecule has 1 N–H and O–H groups in total. The molecule has 17 heavy (non-hydrogen) atoms. The fraction of sp³-hybridized carbons (Fsp3) is 0.769. The average molecular weight is 239 g/mol. The molecule has 0 aliphatic rings. The summed E-state index contributed by atoms with van der Waals surface area (Å²) in [5.41, 5.74) is 0. The molecule has 0 fully saturated rings. The highest BCUT2D eigenvalue weighted by atomic mass is 16.5. The number of anilines is 1. The van der Waals surface area contributed by atoms with Gasteiger partial charge in [0.2, 0.25) is 5.95 Å². The third-order valence-electron chi connectivity index (χ3n) is 2.75. The van der Waals surface area contributed by atoms with Crippen LogP contribution in [0.2, 0.25) is 0 Å². The zero-order chi connectivity index (χ0) is 12.8. The van der Waals surface area contributed by atoms with Gasteiger partial charge in [-0.2, -0.15) is 0 Å². The summed E-state index contributed by atoms with van der Waals surface area (Å²) in [4.78, 5) is 4.36. The van der Waals surface area contributed by atoms with Crippen LogP contribution < -0.4 is 5.32 Å². The normalized spacial score (nSPS) is 14.9. The van der Waals surface area contributed by atoms with Crippen LogP contribution in [0.4, 0.5) is 5.95 Å². The molecule has 0 amide bonds. The lowest BCUT2D eigenvalue weighted by Crippen LogP contribution is -2.22. The van der Waals surface area contributed by atoms with E-state index in [1.807, 2.05) is 12.4 Å². The molecule has 0 saturated heterocycles. The molecule has 0 aliphatic carbocycles. The van der Waals surface area contributed by atoms with Crippen molar-refractivity contribution in [1.29, 1.82) is 0 Å². The van der Waals surface area contributed by atoms with Crippen LogP contribution in [0.3, 0.4) is 0 Å². The topological polar surface area (TPSA) is 39.1 Å². The predicted molar refractivity (Wildman–Crippen MR) is 71.4 cm³/mol. The van der Waals surface area contributed by atoms with Crippen molar-refractivity contribution in [1.82, 2.24) is 9.55 Å². The summed E-state index contributed by atoms with van der Waals surface area (Å²) in [6.07, 6.45) is 4.97. The Morgan fingerprint density at radius 3 is 2.65 bits per heavy atom. The van der Waals surface area contributed by atoms with E-state index in [9.17, 15) is 0 Å². The van der Waals surface area contributed by atoms with Gasteiger partial charge in [-0.3, -0.25) is 0 Å². The van der Waals surface area contributed by atoms with Gasteiger partial charge in [0, 0.05) is 25.5 Å². The first-order chi connectivity index (χ1) is 8.04. The third-order valence-corrected chi connectivity index (χ3v) is 2.75. The van der Waals surface area contributed by atoms with E-state index < -0.39 is 0 Å². The van der Waals surface area contributed by atoms with Gasteiger partial charge in [0.25, 0.3) is 0 Å². The molecule has 98 valence electrons. The number of aromatic nitrogens is 2. The number of imidazole rings is 1. The van der Waals surface area contributed by atoms with E-state index in [4.69, 9.17) is 4.74 Å². The molecule has 4 heteroatoms. The molecular formula is C13H25N3O. The minimum atomic E-state index is 0.302. The largest absolute Gasteiger partial charge is 0.383 e. The van der Waals surface area contributed by atoms with Crippen molar-refractivity contribution >= 4 is 5.95 Å². The van der Waals surface area contributed by atoms with Crippen molar-refractivity contribution < 1.29 is 4.74 Å². The highest BCUT2D eigenvalue weighted by Gasteiger charge is 2.12. The monoisotopic (exact) mass is 239 g/mol. The summed E-state index contributed by atoms with van der Waals surface area (Å²) in [6, 6.07) is 0.738. The predicted octanol–water partition coefficient (Wildman–Crippen LogP) is 2.94. The molecule has 0 radical (unpaired) electrons. The van der Waals surface area contributed by atoms with E-state index in [1.165, 1.54) is 0 Å². The average Bonchev–Trinajstić information content (AvgIpc) is 2.64. The van der Waals surface area contributed by atoms with Crippen molar-refractivity contribution in [2.24, 2.45) is 5.92 Å². The van der Waals surface area contributed by atoms with Gasteiger partial charge in [0.15, 0.2) is 0 Å². The quantitative estimate of drug-likeness (QED) is 0.795. The van der Waals surface area contributed by atoms with E-state index >= 15 is 0 Å². The summed E-state index contributed by atoms with van der Waals surface area (Å²) in [7, 11) is 1.72. The van der Waals surface area contributed by atoms with Crippen LogP contribution in [0, 0.1) is 5.92 Å². The van der Waals surface area contributed by atoms with Crippen molar-refractivity contribution in [2.75, 3.05) is 19.0 Å². The molecule has 2 unspecified atom stereocenters. The van der Waals surface area contributed by atoms with Gasteiger partial charge in [0.1, 0.15) is 0 Å². The van der Waals surface area contributed by atoms with Crippen LogP contribution >= 0.6 is 0 Å². The standard InChI is InChI=1S/C13H25N3O/c1-10(2)8-11(3)15-13-14-6-7-16(13)12(4)9-17-5/h6-7,10-12H,8-9H2,1-5H3,(H,14,15). The smallest absolute Gasteiger partial charge is 0.203 e. The van der Waals surface area contributed by atoms with E-state index in [-0.39, 0.29) is 0 Å². The van der Waals surface area contributed by atoms with Gasteiger partial charge in [-0.05, 0) is 26.2 Å². The fourth-order valence-electron chi connectivity index (χ4n) is 2.09. The Morgan fingerprint density at radius 2 is 2.06 bits per heavy atom. The molecule has 2 atom stereocenters. The van der Waals surface area contributed by atoms with E-state index in [1.54, 1.807) is 7.11 Å². The van der Waals surface area contributed by atoms with Gasteiger partial charge in [-0.1, -0.05) is 13.8 Å². The van der Waals surface area contributed by atoms with Crippen LogP contribution in [0.5, 0.6) is 0 Å². The fourth-order valence-corrected chi connectivity index (χ4v) is 2.09. The number of nitrogens with zero attached hydrogens (tertiary/aromatic N) is 2. The second-order valence-corrected chi connectivity index (χ2v) is 5.14.